The minimum atomic E-state index is -1.92. The second-order valence-corrected chi connectivity index (χ2v) is 22.4. The van der Waals surface area contributed by atoms with Gasteiger partial charge in [0, 0.05) is 52.5 Å². The average molecular weight is 730 g/mol. The van der Waals surface area contributed by atoms with Crippen LogP contribution in [0.4, 0.5) is 10.5 Å². The lowest BCUT2D eigenvalue weighted by Gasteiger charge is -2.37. The minimum absolute atomic E-state index is 0.0187. The number of carbonyl (C=O) groups is 1. The fraction of sp³-hybridized carbons (Fsp3) is 0.622. The van der Waals surface area contributed by atoms with Crippen LogP contribution >= 0.6 is 22.9 Å². The molecule has 5 heterocycles. The van der Waals surface area contributed by atoms with Gasteiger partial charge in [-0.3, -0.25) is 4.98 Å². The number of benzene rings is 1. The molecule has 268 valence electrons. The number of amides is 1. The van der Waals surface area contributed by atoms with Crippen molar-refractivity contribution >= 4 is 53.3 Å². The Morgan fingerprint density at radius 2 is 1.90 bits per heavy atom. The van der Waals surface area contributed by atoms with Crippen LogP contribution in [0.2, 0.25) is 23.2 Å². The predicted octanol–water partition coefficient (Wildman–Crippen LogP) is 9.26. The molecule has 3 atom stereocenters. The monoisotopic (exact) mass is 729 g/mol. The number of halogens is 1. The third-order valence-electron chi connectivity index (χ3n) is 10.1. The van der Waals surface area contributed by atoms with Gasteiger partial charge in [0.25, 0.3) is 0 Å². The van der Waals surface area contributed by atoms with Crippen LogP contribution in [0.25, 0.3) is 21.3 Å². The van der Waals surface area contributed by atoms with Crippen LogP contribution in [-0.4, -0.2) is 81.2 Å². The second kappa shape index (κ2) is 14.3. The fourth-order valence-electron chi connectivity index (χ4n) is 6.54. The van der Waals surface area contributed by atoms with Crippen LogP contribution in [0.5, 0.6) is 5.75 Å². The van der Waals surface area contributed by atoms with Crippen LogP contribution < -0.4 is 9.64 Å². The number of ether oxygens (including phenoxy) is 4. The highest BCUT2D eigenvalue weighted by atomic mass is 35.5. The van der Waals surface area contributed by atoms with E-state index in [2.05, 4.69) is 50.9 Å². The van der Waals surface area contributed by atoms with Gasteiger partial charge in [0.15, 0.2) is 14.6 Å². The van der Waals surface area contributed by atoms with Gasteiger partial charge in [0.05, 0.1) is 41.7 Å². The lowest BCUT2D eigenvalue weighted by Crippen LogP contribution is -2.45. The van der Waals surface area contributed by atoms with Crippen LogP contribution in [0.15, 0.2) is 30.5 Å². The first-order valence-corrected chi connectivity index (χ1v) is 21.7. The molecule has 1 unspecified atom stereocenters. The van der Waals surface area contributed by atoms with Crippen molar-refractivity contribution in [3.05, 3.63) is 40.4 Å². The van der Waals surface area contributed by atoms with Gasteiger partial charge in [0.2, 0.25) is 0 Å². The van der Waals surface area contributed by atoms with Gasteiger partial charge in [-0.1, -0.05) is 32.4 Å². The highest BCUT2D eigenvalue weighted by Gasteiger charge is 2.43. The summed E-state index contributed by atoms with van der Waals surface area (Å²) in [5, 5.41) is 0.740. The number of nitrogens with zero attached hydrogens (tertiary/aromatic N) is 3. The highest BCUT2D eigenvalue weighted by Crippen LogP contribution is 2.48. The molecule has 9 nitrogen and oxygen atoms in total. The minimum Gasteiger partial charge on any atom is -0.489 e. The second-order valence-electron chi connectivity index (χ2n) is 16.0. The number of likely N-dealkylation sites (tertiary alicyclic amines) is 1. The molecule has 1 aromatic carbocycles. The molecule has 0 N–H and O–H groups in total. The van der Waals surface area contributed by atoms with E-state index in [0.717, 1.165) is 63.3 Å². The average Bonchev–Trinajstić information content (AvgIpc) is 3.66. The quantitative estimate of drug-likeness (QED) is 0.212. The van der Waals surface area contributed by atoms with Gasteiger partial charge < -0.3 is 33.2 Å². The number of hydrogen-bond acceptors (Lipinski definition) is 9. The third kappa shape index (κ3) is 8.23. The molecule has 3 aromatic rings. The summed E-state index contributed by atoms with van der Waals surface area (Å²) in [6.07, 6.45) is 5.05. The van der Waals surface area contributed by atoms with Crippen molar-refractivity contribution < 1.29 is 28.2 Å². The van der Waals surface area contributed by atoms with Crippen molar-refractivity contribution in [2.24, 2.45) is 0 Å². The lowest BCUT2D eigenvalue weighted by molar-refractivity contribution is -0.168. The van der Waals surface area contributed by atoms with E-state index in [4.69, 9.17) is 40.0 Å². The summed E-state index contributed by atoms with van der Waals surface area (Å²) in [6, 6.07) is 8.02. The van der Waals surface area contributed by atoms with E-state index >= 15 is 0 Å². The van der Waals surface area contributed by atoms with E-state index in [-0.39, 0.29) is 29.5 Å². The Morgan fingerprint density at radius 3 is 2.61 bits per heavy atom. The normalized spacial score (nSPS) is 21.9. The molecule has 12 heteroatoms. The molecule has 2 saturated heterocycles. The number of thiophene rings is 1. The van der Waals surface area contributed by atoms with E-state index in [1.807, 2.05) is 44.0 Å². The van der Waals surface area contributed by atoms with Gasteiger partial charge >= 0.3 is 6.09 Å². The van der Waals surface area contributed by atoms with Crippen molar-refractivity contribution in [2.75, 3.05) is 37.8 Å². The van der Waals surface area contributed by atoms with E-state index in [9.17, 15) is 4.79 Å². The third-order valence-corrected chi connectivity index (χ3v) is 16.0. The Balaban J connectivity index is 1.32. The maximum Gasteiger partial charge on any atom is 0.410 e. The molecule has 3 aliphatic heterocycles. The maximum absolute atomic E-state index is 13.6. The largest absolute Gasteiger partial charge is 0.489 e. The Kier molecular flexibility index (Phi) is 10.6. The first-order chi connectivity index (χ1) is 23.1. The summed E-state index contributed by atoms with van der Waals surface area (Å²) in [6.45, 7) is 20.4. The summed E-state index contributed by atoms with van der Waals surface area (Å²) in [4.78, 5) is 23.7. The summed E-state index contributed by atoms with van der Waals surface area (Å²) in [7, 11) is -1.92. The molecule has 2 aromatic heterocycles. The molecule has 2 fully saturated rings. The number of pyridine rings is 1. The number of anilines is 1. The molecule has 0 aliphatic carbocycles. The van der Waals surface area contributed by atoms with Crippen LogP contribution in [-0.2, 0) is 25.2 Å². The van der Waals surface area contributed by atoms with Crippen molar-refractivity contribution in [3.63, 3.8) is 0 Å². The maximum atomic E-state index is 13.6. The Bertz CT molecular complexity index is 1650. The van der Waals surface area contributed by atoms with Gasteiger partial charge in [-0.15, -0.1) is 11.3 Å². The zero-order valence-electron chi connectivity index (χ0n) is 30.3. The Labute approximate surface area is 301 Å². The molecular weight excluding hydrogens is 678 g/mol. The summed E-state index contributed by atoms with van der Waals surface area (Å²) in [5.41, 5.74) is 3.37. The van der Waals surface area contributed by atoms with Crippen molar-refractivity contribution in [1.29, 1.82) is 0 Å². The smallest absolute Gasteiger partial charge is 0.410 e. The lowest BCUT2D eigenvalue weighted by atomic mass is 9.99. The van der Waals surface area contributed by atoms with Gasteiger partial charge in [-0.2, -0.15) is 0 Å². The number of fused-ring (bicyclic) bond motifs is 2. The topological polar surface area (TPSA) is 82.6 Å². The van der Waals surface area contributed by atoms with Crippen LogP contribution in [0.1, 0.15) is 72.1 Å². The molecule has 0 spiro atoms. The SMILES string of the molecule is CC(C)(C)OC(=O)N1C[C@@H](N2CCOc3cc(Cl)cc(-c4ccnc5cc(CO[Si](C)(C)C(C)(C)C)sc45)c32)C[C@@H]1COC1CCCCO1. The van der Waals surface area contributed by atoms with Crippen LogP contribution in [0.3, 0.4) is 0 Å². The van der Waals surface area contributed by atoms with Crippen molar-refractivity contribution in [2.45, 2.75) is 116 Å². The van der Waals surface area contributed by atoms with Crippen molar-refractivity contribution in [1.82, 2.24) is 9.88 Å². The fourth-order valence-corrected chi connectivity index (χ4v) is 8.85. The molecule has 0 saturated carbocycles. The zero-order chi connectivity index (χ0) is 35.1. The number of hydrogen-bond donors (Lipinski definition) is 0. The molecule has 6 rings (SSSR count). The highest BCUT2D eigenvalue weighted by molar-refractivity contribution is 7.19. The van der Waals surface area contributed by atoms with Gasteiger partial charge in [-0.25, -0.2) is 4.79 Å². The molecular formula is C37H52ClN3O6SSi. The van der Waals surface area contributed by atoms with E-state index in [0.29, 0.717) is 44.5 Å². The molecule has 0 bridgehead atoms. The number of rotatable bonds is 8. The summed E-state index contributed by atoms with van der Waals surface area (Å²) < 4.78 is 32.0. The van der Waals surface area contributed by atoms with E-state index in [1.165, 1.54) is 0 Å². The standard InChI is InChI=1S/C37H52ClN3O6SSi/c1-36(2,3)47-35(42)41-21-25(19-26(41)22-45-32-11-9-10-15-44-32)40-14-16-43-31-18-24(38)17-29(33(31)40)28-12-13-39-30-20-27(48-34(28)30)23-46-49(7,8)37(4,5)6/h12-13,17-18,20,25-26,32H,9-11,14-16,19,21-23H2,1-8H3/t25-,26+,32?/m0/s1. The molecule has 49 heavy (non-hydrogen) atoms. The zero-order valence-corrected chi connectivity index (χ0v) is 32.8. The van der Waals surface area contributed by atoms with Gasteiger partial charge in [0.1, 0.15) is 18.0 Å². The molecule has 0 radical (unpaired) electrons. The van der Waals surface area contributed by atoms with E-state index < -0.39 is 13.9 Å². The van der Waals surface area contributed by atoms with Gasteiger partial charge in [-0.05, 0) is 82.8 Å². The molecule has 3 aliphatic rings. The predicted molar refractivity (Wildman–Crippen MR) is 200 cm³/mol. The van der Waals surface area contributed by atoms with E-state index in [1.54, 1.807) is 11.3 Å². The number of carbonyl (C=O) groups excluding carboxylic acids is 1. The summed E-state index contributed by atoms with van der Waals surface area (Å²) in [5.74, 6) is 0.746. The Hall–Kier alpha value is -2.41. The van der Waals surface area contributed by atoms with Crippen LogP contribution in [0, 0.1) is 0 Å². The Morgan fingerprint density at radius 1 is 1.10 bits per heavy atom. The first kappa shape index (κ1) is 36.4. The first-order valence-electron chi connectivity index (χ1n) is 17.6. The van der Waals surface area contributed by atoms with Crippen molar-refractivity contribution in [3.8, 4) is 16.9 Å². The number of aromatic nitrogens is 1. The summed E-state index contributed by atoms with van der Waals surface area (Å²) >= 11 is 8.50. The molecule has 1 amide bonds.